The lowest BCUT2D eigenvalue weighted by Gasteiger charge is -2.44. The highest BCUT2D eigenvalue weighted by Crippen LogP contribution is 2.64. The molecule has 0 N–H and O–H groups in total. The smallest absolute Gasteiger partial charge is 0.380 e. The molecule has 2 nitrogen and oxygen atoms in total. The van der Waals surface area contributed by atoms with E-state index in [0.717, 1.165) is 0 Å². The Morgan fingerprint density at radius 2 is 0.727 bits per heavy atom. The first-order valence-electron chi connectivity index (χ1n) is 7.80. The van der Waals surface area contributed by atoms with Crippen molar-refractivity contribution in [3.05, 3.63) is 0 Å². The van der Waals surface area contributed by atoms with E-state index in [2.05, 4.69) is 8.85 Å². The van der Waals surface area contributed by atoms with Crippen molar-refractivity contribution in [3.63, 3.8) is 0 Å². The summed E-state index contributed by atoms with van der Waals surface area (Å²) in [6, 6.07) is 0. The molecule has 21 heteroatoms. The predicted octanol–water partition coefficient (Wildman–Crippen LogP) is 6.79. The molecule has 0 atom stereocenters. The maximum absolute atomic E-state index is 14.1. The van der Waals surface area contributed by atoms with Crippen molar-refractivity contribution >= 4 is 18.9 Å². The third-order valence-corrected chi connectivity index (χ3v) is 7.51. The zero-order chi connectivity index (χ0) is 27.3. The maximum Gasteiger partial charge on any atom is 0.524 e. The van der Waals surface area contributed by atoms with Crippen LogP contribution in [0.4, 0.5) is 74.6 Å². The third-order valence-electron chi connectivity index (χ3n) is 3.76. The molecule has 0 heterocycles. The fourth-order valence-corrected chi connectivity index (χ4v) is 4.68. The Morgan fingerprint density at radius 1 is 0.485 bits per heavy atom. The van der Waals surface area contributed by atoms with Gasteiger partial charge in [-0.05, 0) is 13.8 Å². The van der Waals surface area contributed by atoms with E-state index in [-0.39, 0.29) is 0 Å². The first-order chi connectivity index (χ1) is 14.1. The van der Waals surface area contributed by atoms with Gasteiger partial charge in [-0.25, -0.2) is 0 Å². The molecule has 0 radical (unpaired) electrons. The van der Waals surface area contributed by atoms with E-state index in [1.54, 1.807) is 0 Å². The average molecular weight is 573 g/mol. The van der Waals surface area contributed by atoms with Gasteiger partial charge >= 0.3 is 55.1 Å². The molecule has 0 aliphatic rings. The molecule has 0 rings (SSSR count). The zero-order valence-corrected chi connectivity index (χ0v) is 17.3. The molecule has 0 fully saturated rings. The molecule has 0 aromatic heterocycles. The normalized spacial score (nSPS) is 16.4. The van der Waals surface area contributed by atoms with Gasteiger partial charge < -0.3 is 8.85 Å². The molecule has 0 saturated heterocycles. The predicted molar refractivity (Wildman–Crippen MR) is 75.5 cm³/mol. The van der Waals surface area contributed by atoms with Gasteiger partial charge in [0.05, 0.1) is 0 Å². The Labute approximate surface area is 177 Å². The molecule has 0 aromatic carbocycles. The van der Waals surface area contributed by atoms with Crippen LogP contribution in [0.1, 0.15) is 13.8 Å². The highest BCUT2D eigenvalue weighted by molar-refractivity contribution is 7.14. The second kappa shape index (κ2) is 8.72. The summed E-state index contributed by atoms with van der Waals surface area (Å²) in [5.41, 5.74) is -6.89. The summed E-state index contributed by atoms with van der Waals surface area (Å²) in [6.07, 6.45) is -7.81. The first kappa shape index (κ1) is 32.2. The lowest BCUT2D eigenvalue weighted by atomic mass is 9.91. The summed E-state index contributed by atoms with van der Waals surface area (Å²) >= 11 is 4.89. The van der Waals surface area contributed by atoms with Gasteiger partial charge in [0.25, 0.3) is 0 Å². The van der Waals surface area contributed by atoms with E-state index < -0.39 is 68.3 Å². The van der Waals surface area contributed by atoms with Crippen molar-refractivity contribution in [1.29, 1.82) is 0 Å². The molecule has 200 valence electrons. The van der Waals surface area contributed by atoms with Gasteiger partial charge in [-0.1, -0.05) is 11.1 Å². The molecule has 0 aromatic rings. The van der Waals surface area contributed by atoms with Crippen molar-refractivity contribution in [2.24, 2.45) is 0 Å². The Bertz CT molecular complexity index is 686. The van der Waals surface area contributed by atoms with E-state index in [4.69, 9.17) is 11.1 Å². The molecule has 0 aliphatic heterocycles. The number of rotatable bonds is 11. The summed E-state index contributed by atoms with van der Waals surface area (Å²) in [4.78, 5) is 0. The Morgan fingerprint density at radius 3 is 0.970 bits per heavy atom. The van der Waals surface area contributed by atoms with Crippen molar-refractivity contribution in [2.75, 3.05) is 13.2 Å². The number of hydrogen-bond donors (Lipinski definition) is 0. The molecule has 0 spiro atoms. The van der Waals surface area contributed by atoms with Gasteiger partial charge in [-0.3, -0.25) is 0 Å². The van der Waals surface area contributed by atoms with Gasteiger partial charge in [0, 0.05) is 13.2 Å². The van der Waals surface area contributed by atoms with Crippen LogP contribution in [-0.2, 0) is 8.85 Å². The minimum Gasteiger partial charge on any atom is -0.380 e. The summed E-state index contributed by atoms with van der Waals surface area (Å²) < 4.78 is 233. The molecule has 0 saturated carbocycles. The van der Waals surface area contributed by atoms with Gasteiger partial charge in [0.1, 0.15) is 0 Å². The SMILES string of the molecule is CCO[Si](Cl)(OCC)C(F)(F)C(F)(F)C(F)(F)C(F)(F)C(F)(F)C(F)(F)C(F)(F)C(F)(F)F. The van der Waals surface area contributed by atoms with E-state index in [1.165, 1.54) is 0 Å². The van der Waals surface area contributed by atoms with Crippen LogP contribution in [0, 0.1) is 0 Å². The third kappa shape index (κ3) is 4.25. The molecule has 0 aliphatic carbocycles. The highest BCUT2D eigenvalue weighted by Gasteiger charge is 2.97. The molecule has 0 unspecified atom stereocenters. The van der Waals surface area contributed by atoms with E-state index in [1.807, 2.05) is 0 Å². The summed E-state index contributed by atoms with van der Waals surface area (Å²) in [5.74, 6) is -50.5. The molecule has 33 heavy (non-hydrogen) atoms. The highest BCUT2D eigenvalue weighted by atomic mass is 35.6. The Balaban J connectivity index is 6.94. The lowest BCUT2D eigenvalue weighted by Crippen LogP contribution is -2.77. The molecule has 0 amide bonds. The number of alkyl halides is 17. The van der Waals surface area contributed by atoms with Gasteiger partial charge in [0.15, 0.2) is 0 Å². The monoisotopic (exact) mass is 572 g/mol. The fraction of sp³-hybridized carbons (Fsp3) is 1.00. The van der Waals surface area contributed by atoms with Crippen LogP contribution in [0.25, 0.3) is 0 Å². The van der Waals surface area contributed by atoms with Gasteiger partial charge in [-0.2, -0.15) is 74.6 Å². The topological polar surface area (TPSA) is 18.5 Å². The van der Waals surface area contributed by atoms with Crippen molar-refractivity contribution in [1.82, 2.24) is 0 Å². The van der Waals surface area contributed by atoms with Crippen LogP contribution in [0.15, 0.2) is 0 Å². The Kier molecular flexibility index (Phi) is 8.52. The van der Waals surface area contributed by atoms with Gasteiger partial charge in [0.2, 0.25) is 0 Å². The quantitative estimate of drug-likeness (QED) is 0.154. The van der Waals surface area contributed by atoms with E-state index in [9.17, 15) is 74.6 Å². The van der Waals surface area contributed by atoms with Crippen LogP contribution < -0.4 is 0 Å². The van der Waals surface area contributed by atoms with Crippen LogP contribution in [0.2, 0.25) is 0 Å². The van der Waals surface area contributed by atoms with Crippen LogP contribution in [0.5, 0.6) is 0 Å². The second-order valence-electron chi connectivity index (χ2n) is 5.92. The largest absolute Gasteiger partial charge is 0.524 e. The lowest BCUT2D eigenvalue weighted by molar-refractivity contribution is -0.459. The standard InChI is InChI=1S/C12H10ClF17O2Si/c1-3-31-33(13,32-4-2)12(29,30)10(24,25)8(20,21)6(16,17)5(14,15)7(18,19)9(22,23)11(26,27)28/h3-4H2,1-2H3. The van der Waals surface area contributed by atoms with E-state index in [0.29, 0.717) is 13.8 Å². The molecular formula is C12H10ClF17O2Si. The van der Waals surface area contributed by atoms with E-state index >= 15 is 0 Å². The molecule has 0 bridgehead atoms. The number of hydrogen-bond acceptors (Lipinski definition) is 2. The number of halogens is 18. The fourth-order valence-electron chi connectivity index (χ4n) is 1.95. The van der Waals surface area contributed by atoms with Crippen molar-refractivity contribution in [2.45, 2.75) is 61.1 Å². The molecular weight excluding hydrogens is 563 g/mol. The summed E-state index contributed by atoms with van der Waals surface area (Å²) in [7, 11) is -6.66. The maximum atomic E-state index is 14.1. The zero-order valence-electron chi connectivity index (χ0n) is 15.5. The van der Waals surface area contributed by atoms with Crippen LogP contribution in [0.3, 0.4) is 0 Å². The second-order valence-corrected chi connectivity index (χ2v) is 9.69. The minimum atomic E-state index is -8.70. The van der Waals surface area contributed by atoms with Gasteiger partial charge in [-0.15, -0.1) is 0 Å². The minimum absolute atomic E-state index is 0.693. The first-order valence-corrected chi connectivity index (χ1v) is 10.6. The van der Waals surface area contributed by atoms with Crippen LogP contribution in [-0.4, -0.2) is 68.3 Å². The van der Waals surface area contributed by atoms with Crippen molar-refractivity contribution in [3.8, 4) is 0 Å². The van der Waals surface area contributed by atoms with Crippen LogP contribution >= 0.6 is 11.1 Å². The summed E-state index contributed by atoms with van der Waals surface area (Å²) in [5, 5.41) is 0. The average Bonchev–Trinajstić information content (AvgIpc) is 2.59. The Hall–Kier alpha value is -0.763. The summed E-state index contributed by atoms with van der Waals surface area (Å²) in [6.45, 7) is -0.957. The van der Waals surface area contributed by atoms with Crippen molar-refractivity contribution < 1.29 is 83.5 Å².